The van der Waals surface area contributed by atoms with E-state index in [1.54, 1.807) is 13.1 Å². The first-order valence-corrected chi connectivity index (χ1v) is 5.53. The van der Waals surface area contributed by atoms with E-state index in [-0.39, 0.29) is 12.2 Å². The van der Waals surface area contributed by atoms with Crippen LogP contribution in [-0.4, -0.2) is 21.3 Å². The summed E-state index contributed by atoms with van der Waals surface area (Å²) < 4.78 is 1.50. The summed E-state index contributed by atoms with van der Waals surface area (Å²) in [4.78, 5) is 25.3. The van der Waals surface area contributed by atoms with Crippen LogP contribution in [-0.2, 0) is 5.54 Å². The molecule has 0 spiro atoms. The normalized spacial score (nSPS) is 18.9. The van der Waals surface area contributed by atoms with E-state index in [0.717, 1.165) is 25.7 Å². The summed E-state index contributed by atoms with van der Waals surface area (Å²) in [5.74, 6) is 0. The van der Waals surface area contributed by atoms with E-state index >= 15 is 0 Å². The van der Waals surface area contributed by atoms with Crippen LogP contribution < -0.4 is 11.2 Å². The maximum Gasteiger partial charge on any atom is 0.328 e. The SMILES string of the molecule is Cc1cn(C2(CO)CCCC2)c(=O)[nH]c1=O. The van der Waals surface area contributed by atoms with Crippen LogP contribution in [0.25, 0.3) is 0 Å². The largest absolute Gasteiger partial charge is 0.394 e. The molecule has 0 radical (unpaired) electrons. The standard InChI is InChI=1S/C11H16N2O3/c1-8-6-13(10(16)12-9(8)15)11(7-14)4-2-3-5-11/h6,14H,2-5,7H2,1H3,(H,12,15,16). The third-order valence-electron chi connectivity index (χ3n) is 3.46. The van der Waals surface area contributed by atoms with Crippen LogP contribution in [0.3, 0.4) is 0 Å². The predicted molar refractivity (Wildman–Crippen MR) is 59.6 cm³/mol. The van der Waals surface area contributed by atoms with E-state index in [4.69, 9.17) is 0 Å². The Morgan fingerprint density at radius 2 is 2.06 bits per heavy atom. The van der Waals surface area contributed by atoms with Crippen molar-refractivity contribution in [3.05, 3.63) is 32.6 Å². The van der Waals surface area contributed by atoms with Gasteiger partial charge in [0.1, 0.15) is 0 Å². The summed E-state index contributed by atoms with van der Waals surface area (Å²) in [7, 11) is 0. The number of H-pyrrole nitrogens is 1. The lowest BCUT2D eigenvalue weighted by molar-refractivity contribution is 0.131. The minimum absolute atomic E-state index is 0.0572. The first-order valence-electron chi connectivity index (χ1n) is 5.53. The highest BCUT2D eigenvalue weighted by Gasteiger charge is 2.36. The van der Waals surface area contributed by atoms with Gasteiger partial charge in [0.05, 0.1) is 12.1 Å². The number of hydrogen-bond donors (Lipinski definition) is 2. The molecule has 0 saturated heterocycles. The molecule has 5 heteroatoms. The first kappa shape index (κ1) is 11.1. The van der Waals surface area contributed by atoms with Gasteiger partial charge in [0.2, 0.25) is 0 Å². The third-order valence-corrected chi connectivity index (χ3v) is 3.46. The van der Waals surface area contributed by atoms with Crippen molar-refractivity contribution in [1.82, 2.24) is 9.55 Å². The second-order valence-electron chi connectivity index (χ2n) is 4.53. The minimum Gasteiger partial charge on any atom is -0.394 e. The first-order chi connectivity index (χ1) is 7.59. The molecule has 0 bridgehead atoms. The maximum absolute atomic E-state index is 11.7. The molecule has 1 aromatic heterocycles. The Kier molecular flexibility index (Phi) is 2.71. The molecule has 5 nitrogen and oxygen atoms in total. The Labute approximate surface area is 92.7 Å². The molecule has 1 saturated carbocycles. The van der Waals surface area contributed by atoms with Crippen molar-refractivity contribution in [3.63, 3.8) is 0 Å². The zero-order chi connectivity index (χ0) is 11.8. The smallest absolute Gasteiger partial charge is 0.328 e. The number of aliphatic hydroxyl groups is 1. The number of hydrogen-bond acceptors (Lipinski definition) is 3. The quantitative estimate of drug-likeness (QED) is 0.748. The van der Waals surface area contributed by atoms with Crippen LogP contribution >= 0.6 is 0 Å². The molecule has 0 aromatic carbocycles. The molecular weight excluding hydrogens is 208 g/mol. The predicted octanol–water partition coefficient (Wildman–Crippen LogP) is 0.107. The Hall–Kier alpha value is -1.36. The van der Waals surface area contributed by atoms with Gasteiger partial charge in [-0.1, -0.05) is 12.8 Å². The molecule has 1 fully saturated rings. The lowest BCUT2D eigenvalue weighted by Crippen LogP contribution is -2.45. The van der Waals surface area contributed by atoms with Gasteiger partial charge in [-0.15, -0.1) is 0 Å². The van der Waals surface area contributed by atoms with Crippen LogP contribution in [0.4, 0.5) is 0 Å². The van der Waals surface area contributed by atoms with E-state index < -0.39 is 11.2 Å². The van der Waals surface area contributed by atoms with Gasteiger partial charge in [-0.25, -0.2) is 4.79 Å². The summed E-state index contributed by atoms with van der Waals surface area (Å²) in [6.07, 6.45) is 5.14. The van der Waals surface area contributed by atoms with Crippen molar-refractivity contribution in [2.75, 3.05) is 6.61 Å². The zero-order valence-electron chi connectivity index (χ0n) is 9.32. The average molecular weight is 224 g/mol. The topological polar surface area (TPSA) is 75.1 Å². The van der Waals surface area contributed by atoms with Gasteiger partial charge in [-0.3, -0.25) is 14.3 Å². The van der Waals surface area contributed by atoms with E-state index in [1.807, 2.05) is 0 Å². The highest BCUT2D eigenvalue weighted by atomic mass is 16.3. The van der Waals surface area contributed by atoms with E-state index in [0.29, 0.717) is 5.56 Å². The summed E-state index contributed by atoms with van der Waals surface area (Å²) in [6.45, 7) is 1.60. The van der Waals surface area contributed by atoms with Crippen molar-refractivity contribution < 1.29 is 5.11 Å². The number of aryl methyl sites for hydroxylation is 1. The van der Waals surface area contributed by atoms with Gasteiger partial charge >= 0.3 is 5.69 Å². The van der Waals surface area contributed by atoms with E-state index in [9.17, 15) is 14.7 Å². The van der Waals surface area contributed by atoms with Gasteiger partial charge in [0, 0.05) is 11.8 Å². The Morgan fingerprint density at radius 1 is 1.44 bits per heavy atom. The maximum atomic E-state index is 11.7. The monoisotopic (exact) mass is 224 g/mol. The van der Waals surface area contributed by atoms with Crippen LogP contribution in [0.5, 0.6) is 0 Å². The zero-order valence-corrected chi connectivity index (χ0v) is 9.32. The number of nitrogens with zero attached hydrogens (tertiary/aromatic N) is 1. The molecule has 0 amide bonds. The number of aromatic amines is 1. The molecule has 0 unspecified atom stereocenters. The Bertz CT molecular complexity index is 495. The molecule has 1 heterocycles. The molecular formula is C11H16N2O3. The Morgan fingerprint density at radius 3 is 2.62 bits per heavy atom. The lowest BCUT2D eigenvalue weighted by Gasteiger charge is -2.29. The van der Waals surface area contributed by atoms with Crippen LogP contribution in [0.15, 0.2) is 15.8 Å². The third kappa shape index (κ3) is 1.61. The molecule has 1 aliphatic carbocycles. The molecule has 0 atom stereocenters. The van der Waals surface area contributed by atoms with E-state index in [2.05, 4.69) is 4.98 Å². The minimum atomic E-state index is -0.508. The number of aliphatic hydroxyl groups excluding tert-OH is 1. The Balaban J connectivity index is 2.59. The van der Waals surface area contributed by atoms with Gasteiger partial charge < -0.3 is 5.11 Å². The molecule has 2 rings (SSSR count). The van der Waals surface area contributed by atoms with Crippen molar-refractivity contribution in [2.45, 2.75) is 38.1 Å². The van der Waals surface area contributed by atoms with Gasteiger partial charge in [0.15, 0.2) is 0 Å². The highest BCUT2D eigenvalue weighted by molar-refractivity contribution is 5.05. The average Bonchev–Trinajstić information content (AvgIpc) is 2.73. The van der Waals surface area contributed by atoms with Gasteiger partial charge in [-0.2, -0.15) is 0 Å². The van der Waals surface area contributed by atoms with Gasteiger partial charge in [0.25, 0.3) is 5.56 Å². The van der Waals surface area contributed by atoms with Crippen molar-refractivity contribution >= 4 is 0 Å². The van der Waals surface area contributed by atoms with Gasteiger partial charge in [-0.05, 0) is 19.8 Å². The van der Waals surface area contributed by atoms with Crippen LogP contribution in [0.1, 0.15) is 31.2 Å². The molecule has 1 aliphatic rings. The molecule has 16 heavy (non-hydrogen) atoms. The molecule has 0 aliphatic heterocycles. The fourth-order valence-corrected chi connectivity index (χ4v) is 2.43. The fourth-order valence-electron chi connectivity index (χ4n) is 2.43. The van der Waals surface area contributed by atoms with Crippen molar-refractivity contribution in [1.29, 1.82) is 0 Å². The number of aromatic nitrogens is 2. The molecule has 2 N–H and O–H groups in total. The second-order valence-corrected chi connectivity index (χ2v) is 4.53. The fraction of sp³-hybridized carbons (Fsp3) is 0.636. The number of rotatable bonds is 2. The van der Waals surface area contributed by atoms with Crippen molar-refractivity contribution in [2.24, 2.45) is 0 Å². The summed E-state index contributed by atoms with van der Waals surface area (Å²) in [5, 5.41) is 9.50. The van der Waals surface area contributed by atoms with E-state index in [1.165, 1.54) is 4.57 Å². The number of nitrogens with one attached hydrogen (secondary N) is 1. The van der Waals surface area contributed by atoms with Crippen LogP contribution in [0, 0.1) is 6.92 Å². The summed E-state index contributed by atoms with van der Waals surface area (Å²) in [5.41, 5.74) is -0.787. The molecule has 1 aromatic rings. The van der Waals surface area contributed by atoms with Crippen molar-refractivity contribution in [3.8, 4) is 0 Å². The summed E-state index contributed by atoms with van der Waals surface area (Å²) in [6, 6.07) is 0. The molecule has 88 valence electrons. The lowest BCUT2D eigenvalue weighted by atomic mass is 9.98. The highest BCUT2D eigenvalue weighted by Crippen LogP contribution is 2.34. The van der Waals surface area contributed by atoms with Crippen LogP contribution in [0.2, 0.25) is 0 Å². The summed E-state index contributed by atoms with van der Waals surface area (Å²) >= 11 is 0. The second kappa shape index (κ2) is 3.90.